The van der Waals surface area contributed by atoms with Gasteiger partial charge in [0.05, 0.1) is 6.10 Å². The topological polar surface area (TPSA) is 41.6 Å². The molecule has 1 aliphatic rings. The molecule has 14 heavy (non-hydrogen) atoms. The highest BCUT2D eigenvalue weighted by Crippen LogP contribution is 2.05. The minimum Gasteiger partial charge on any atom is -0.377 e. The summed E-state index contributed by atoms with van der Waals surface area (Å²) in [5.74, 6) is 0. The van der Waals surface area contributed by atoms with Crippen LogP contribution in [0.3, 0.4) is 0 Å². The number of nitrogens with one attached hydrogen (secondary N) is 1. The first kappa shape index (κ1) is 11.3. The van der Waals surface area contributed by atoms with Crippen LogP contribution in [0, 0.1) is 0 Å². The van der Waals surface area contributed by atoms with Crippen molar-refractivity contribution in [1.29, 1.82) is 0 Å². The molecular weight excluding hydrogens is 180 g/mol. The van der Waals surface area contributed by atoms with E-state index in [0.29, 0.717) is 6.54 Å². The lowest BCUT2D eigenvalue weighted by molar-refractivity contribution is 0.0709. The molecule has 0 aromatic rings. The maximum atomic E-state index is 11.7. The quantitative estimate of drug-likeness (QED) is 0.691. The van der Waals surface area contributed by atoms with E-state index in [4.69, 9.17) is 4.74 Å². The first-order valence-electron chi connectivity index (χ1n) is 5.26. The van der Waals surface area contributed by atoms with Crippen molar-refractivity contribution in [3.8, 4) is 0 Å². The Balaban J connectivity index is 2.44. The second kappa shape index (κ2) is 5.20. The van der Waals surface area contributed by atoms with Crippen LogP contribution < -0.4 is 5.32 Å². The largest absolute Gasteiger partial charge is 0.377 e. The molecule has 0 aliphatic carbocycles. The van der Waals surface area contributed by atoms with E-state index in [9.17, 15) is 4.79 Å². The Hall–Kier alpha value is -0.770. The number of hydrogen-bond acceptors (Lipinski definition) is 2. The second-order valence-corrected chi connectivity index (χ2v) is 4.09. The number of nitrogens with zero attached hydrogens (tertiary/aromatic N) is 1. The normalized spacial score (nSPS) is 23.4. The van der Waals surface area contributed by atoms with Gasteiger partial charge in [-0.1, -0.05) is 0 Å². The van der Waals surface area contributed by atoms with Crippen molar-refractivity contribution in [2.75, 3.05) is 19.7 Å². The van der Waals surface area contributed by atoms with E-state index < -0.39 is 0 Å². The van der Waals surface area contributed by atoms with E-state index in [1.165, 1.54) is 0 Å². The maximum absolute atomic E-state index is 11.7. The van der Waals surface area contributed by atoms with Gasteiger partial charge >= 0.3 is 6.03 Å². The monoisotopic (exact) mass is 200 g/mol. The lowest BCUT2D eigenvalue weighted by atomic mass is 10.3. The van der Waals surface area contributed by atoms with Gasteiger partial charge in [-0.05, 0) is 27.2 Å². The van der Waals surface area contributed by atoms with Gasteiger partial charge in [0.2, 0.25) is 0 Å². The maximum Gasteiger partial charge on any atom is 0.317 e. The van der Waals surface area contributed by atoms with Crippen LogP contribution in [0.4, 0.5) is 4.79 Å². The smallest absolute Gasteiger partial charge is 0.317 e. The van der Waals surface area contributed by atoms with E-state index in [0.717, 1.165) is 19.6 Å². The van der Waals surface area contributed by atoms with E-state index in [1.54, 1.807) is 0 Å². The van der Waals surface area contributed by atoms with Gasteiger partial charge in [-0.3, -0.25) is 0 Å². The number of ether oxygens (including phenoxy) is 1. The zero-order valence-electron chi connectivity index (χ0n) is 9.25. The summed E-state index contributed by atoms with van der Waals surface area (Å²) in [6.45, 7) is 8.18. The molecule has 0 aromatic heterocycles. The standard InChI is InChI=1S/C10H20N2O2/c1-8(2)11-10(13)12-5-4-6-14-9(3)7-12/h8-9H,4-7H2,1-3H3,(H,11,13). The molecule has 0 aromatic carbocycles. The van der Waals surface area contributed by atoms with Gasteiger partial charge in [-0.25, -0.2) is 4.79 Å². The summed E-state index contributed by atoms with van der Waals surface area (Å²) in [4.78, 5) is 13.5. The SMILES string of the molecule is CC(C)NC(=O)N1CCCOC(C)C1. The summed E-state index contributed by atoms with van der Waals surface area (Å²) >= 11 is 0. The molecule has 82 valence electrons. The Kier molecular flexibility index (Phi) is 4.20. The molecule has 1 fully saturated rings. The van der Waals surface area contributed by atoms with Crippen LogP contribution in [0.25, 0.3) is 0 Å². The Morgan fingerprint density at radius 1 is 1.57 bits per heavy atom. The number of rotatable bonds is 1. The Morgan fingerprint density at radius 2 is 2.29 bits per heavy atom. The average Bonchev–Trinajstić information content (AvgIpc) is 2.28. The second-order valence-electron chi connectivity index (χ2n) is 4.09. The van der Waals surface area contributed by atoms with E-state index >= 15 is 0 Å². The minimum absolute atomic E-state index is 0.0253. The molecule has 4 heteroatoms. The van der Waals surface area contributed by atoms with Crippen LogP contribution in [0.5, 0.6) is 0 Å². The molecule has 1 rings (SSSR count). The average molecular weight is 200 g/mol. The van der Waals surface area contributed by atoms with Gasteiger partial charge in [-0.15, -0.1) is 0 Å². The van der Waals surface area contributed by atoms with Crippen LogP contribution in [-0.4, -0.2) is 42.8 Å². The van der Waals surface area contributed by atoms with Crippen molar-refractivity contribution in [2.24, 2.45) is 0 Å². The molecule has 1 atom stereocenters. The molecule has 0 bridgehead atoms. The predicted octanol–water partition coefficient (Wildman–Crippen LogP) is 1.22. The fourth-order valence-corrected chi connectivity index (χ4v) is 1.52. The lowest BCUT2D eigenvalue weighted by Crippen LogP contribution is -2.45. The van der Waals surface area contributed by atoms with Crippen LogP contribution in [-0.2, 0) is 4.74 Å². The van der Waals surface area contributed by atoms with Crippen LogP contribution >= 0.6 is 0 Å². The van der Waals surface area contributed by atoms with Crippen LogP contribution in [0.2, 0.25) is 0 Å². The van der Waals surface area contributed by atoms with Gasteiger partial charge in [0, 0.05) is 25.7 Å². The van der Waals surface area contributed by atoms with Crippen molar-refractivity contribution >= 4 is 6.03 Å². The van der Waals surface area contributed by atoms with Crippen molar-refractivity contribution in [2.45, 2.75) is 39.3 Å². The van der Waals surface area contributed by atoms with Crippen molar-refractivity contribution in [3.05, 3.63) is 0 Å². The third kappa shape index (κ3) is 3.54. The molecule has 1 aliphatic heterocycles. The predicted molar refractivity (Wildman–Crippen MR) is 55.3 cm³/mol. The third-order valence-corrected chi connectivity index (χ3v) is 2.15. The number of carbonyl (C=O) groups is 1. The van der Waals surface area contributed by atoms with Gasteiger partial charge < -0.3 is 15.0 Å². The Bertz CT molecular complexity index is 195. The number of amides is 2. The summed E-state index contributed by atoms with van der Waals surface area (Å²) in [5, 5.41) is 2.89. The summed E-state index contributed by atoms with van der Waals surface area (Å²) < 4.78 is 5.47. The van der Waals surface area contributed by atoms with Crippen molar-refractivity contribution in [3.63, 3.8) is 0 Å². The highest BCUT2D eigenvalue weighted by Gasteiger charge is 2.19. The number of hydrogen-bond donors (Lipinski definition) is 1. The van der Waals surface area contributed by atoms with Crippen molar-refractivity contribution < 1.29 is 9.53 Å². The molecule has 1 heterocycles. The molecule has 4 nitrogen and oxygen atoms in total. The summed E-state index contributed by atoms with van der Waals surface area (Å²) in [6, 6.07) is 0.222. The molecule has 0 spiro atoms. The first-order chi connectivity index (χ1) is 6.59. The third-order valence-electron chi connectivity index (χ3n) is 2.15. The van der Waals surface area contributed by atoms with Gasteiger partial charge in [0.25, 0.3) is 0 Å². The van der Waals surface area contributed by atoms with E-state index in [-0.39, 0.29) is 18.2 Å². The van der Waals surface area contributed by atoms with Crippen molar-refractivity contribution in [1.82, 2.24) is 10.2 Å². The molecule has 1 N–H and O–H groups in total. The molecule has 0 radical (unpaired) electrons. The number of urea groups is 1. The van der Waals surface area contributed by atoms with E-state index in [2.05, 4.69) is 5.32 Å². The van der Waals surface area contributed by atoms with E-state index in [1.807, 2.05) is 25.7 Å². The highest BCUT2D eigenvalue weighted by molar-refractivity contribution is 5.74. The zero-order valence-corrected chi connectivity index (χ0v) is 9.25. The molecule has 2 amide bonds. The van der Waals surface area contributed by atoms with Gasteiger partial charge in [-0.2, -0.15) is 0 Å². The molecule has 1 unspecified atom stereocenters. The fourth-order valence-electron chi connectivity index (χ4n) is 1.52. The minimum atomic E-state index is 0.0253. The number of carbonyl (C=O) groups excluding carboxylic acids is 1. The summed E-state index contributed by atoms with van der Waals surface area (Å²) in [6.07, 6.45) is 1.07. The van der Waals surface area contributed by atoms with Gasteiger partial charge in [0.1, 0.15) is 0 Å². The first-order valence-corrected chi connectivity index (χ1v) is 5.26. The molecule has 1 saturated heterocycles. The van der Waals surface area contributed by atoms with Crippen LogP contribution in [0.1, 0.15) is 27.2 Å². The summed E-state index contributed by atoms with van der Waals surface area (Å²) in [5.41, 5.74) is 0. The highest BCUT2D eigenvalue weighted by atomic mass is 16.5. The molecular formula is C10H20N2O2. The lowest BCUT2D eigenvalue weighted by Gasteiger charge is -2.23. The summed E-state index contributed by atoms with van der Waals surface area (Å²) in [7, 11) is 0. The molecule has 0 saturated carbocycles. The fraction of sp³-hybridized carbons (Fsp3) is 0.900. The van der Waals surface area contributed by atoms with Gasteiger partial charge in [0.15, 0.2) is 0 Å². The van der Waals surface area contributed by atoms with Crippen LogP contribution in [0.15, 0.2) is 0 Å². The Morgan fingerprint density at radius 3 is 2.93 bits per heavy atom. The Labute approximate surface area is 85.6 Å². The zero-order chi connectivity index (χ0) is 10.6.